The molecule has 0 spiro atoms. The van der Waals surface area contributed by atoms with Gasteiger partial charge in [0.15, 0.2) is 0 Å². The maximum absolute atomic E-state index is 10.9. The van der Waals surface area contributed by atoms with Gasteiger partial charge in [0.1, 0.15) is 0 Å². The number of rotatable bonds is 3. The van der Waals surface area contributed by atoms with E-state index in [1.807, 2.05) is 0 Å². The van der Waals surface area contributed by atoms with Crippen LogP contribution in [0.15, 0.2) is 23.8 Å². The third-order valence-electron chi connectivity index (χ3n) is 2.13. The molecule has 1 rings (SSSR count). The van der Waals surface area contributed by atoms with Gasteiger partial charge in [0.05, 0.1) is 6.61 Å². The van der Waals surface area contributed by atoms with Gasteiger partial charge in [-0.15, -0.1) is 0 Å². The smallest absolute Gasteiger partial charge is 0.333 e. The Morgan fingerprint density at radius 1 is 1.85 bits per heavy atom. The molecule has 1 heterocycles. The van der Waals surface area contributed by atoms with Crippen molar-refractivity contribution in [2.45, 2.75) is 13.3 Å². The van der Waals surface area contributed by atoms with E-state index in [1.165, 1.54) is 5.57 Å². The zero-order valence-corrected chi connectivity index (χ0v) is 9.26. The molecule has 0 aromatic carbocycles. The Morgan fingerprint density at radius 3 is 3.00 bits per heavy atom. The van der Waals surface area contributed by atoms with Crippen molar-refractivity contribution in [1.82, 2.24) is 0 Å². The number of carbonyl (C=O) groups is 1. The van der Waals surface area contributed by atoms with Crippen molar-refractivity contribution in [2.75, 3.05) is 11.9 Å². The summed E-state index contributed by atoms with van der Waals surface area (Å²) in [5.74, 6) is -0.0589. The second-order valence-electron chi connectivity index (χ2n) is 3.24. The van der Waals surface area contributed by atoms with Gasteiger partial charge in [-0.3, -0.25) is 0 Å². The molecule has 1 fully saturated rings. The van der Waals surface area contributed by atoms with E-state index in [-0.39, 0.29) is 11.9 Å². The van der Waals surface area contributed by atoms with Crippen LogP contribution in [0.2, 0.25) is 0 Å². The van der Waals surface area contributed by atoms with Gasteiger partial charge < -0.3 is 4.74 Å². The molecule has 13 heavy (non-hydrogen) atoms. The molecule has 0 N–H and O–H groups in total. The summed E-state index contributed by atoms with van der Waals surface area (Å²) in [6.45, 7) is 6.25. The first-order valence-electron chi connectivity index (χ1n) is 4.22. The Labute approximate surface area is 86.8 Å². The van der Waals surface area contributed by atoms with Crippen molar-refractivity contribution < 1.29 is 9.53 Å². The number of cyclic esters (lactones) is 1. The number of hydrogen-bond acceptors (Lipinski definition) is 2. The van der Waals surface area contributed by atoms with E-state index in [9.17, 15) is 4.79 Å². The largest absolute Gasteiger partial charge is 0.462 e. The normalized spacial score (nSPS) is 23.5. The molecule has 1 saturated heterocycles. The van der Waals surface area contributed by atoms with E-state index in [1.54, 1.807) is 0 Å². The van der Waals surface area contributed by atoms with E-state index in [0.29, 0.717) is 12.2 Å². The van der Waals surface area contributed by atoms with Gasteiger partial charge in [0.25, 0.3) is 0 Å². The first kappa shape index (κ1) is 10.5. The molecule has 0 aromatic rings. The fraction of sp³-hybridized carbons (Fsp3) is 0.500. The second-order valence-corrected chi connectivity index (χ2v) is 3.80. The van der Waals surface area contributed by atoms with E-state index in [4.69, 9.17) is 4.74 Å². The molecule has 0 bridgehead atoms. The summed E-state index contributed by atoms with van der Waals surface area (Å²) in [4.78, 5) is 10.9. The highest BCUT2D eigenvalue weighted by molar-refractivity contribution is 9.09. The number of ether oxygens (including phenoxy) is 1. The Kier molecular flexibility index (Phi) is 3.72. The first-order valence-corrected chi connectivity index (χ1v) is 5.34. The zero-order valence-electron chi connectivity index (χ0n) is 7.68. The van der Waals surface area contributed by atoms with Crippen LogP contribution in [-0.4, -0.2) is 17.9 Å². The van der Waals surface area contributed by atoms with Crippen LogP contribution in [0.25, 0.3) is 0 Å². The van der Waals surface area contributed by atoms with Gasteiger partial charge in [0, 0.05) is 16.8 Å². The third-order valence-corrected chi connectivity index (χ3v) is 3.02. The topological polar surface area (TPSA) is 26.3 Å². The highest BCUT2D eigenvalue weighted by atomic mass is 79.9. The Balaban J connectivity index is 2.47. The summed E-state index contributed by atoms with van der Waals surface area (Å²) < 4.78 is 4.86. The Morgan fingerprint density at radius 2 is 2.54 bits per heavy atom. The molecule has 1 atom stereocenters. The van der Waals surface area contributed by atoms with Crippen LogP contribution in [0.4, 0.5) is 0 Å². The van der Waals surface area contributed by atoms with Gasteiger partial charge in [-0.2, -0.15) is 0 Å². The molecule has 0 saturated carbocycles. The maximum Gasteiger partial charge on any atom is 0.333 e. The summed E-state index contributed by atoms with van der Waals surface area (Å²) >= 11 is 3.36. The van der Waals surface area contributed by atoms with Gasteiger partial charge in [-0.25, -0.2) is 4.79 Å². The average molecular weight is 245 g/mol. The summed E-state index contributed by atoms with van der Waals surface area (Å²) in [5, 5.41) is 0.876. The van der Waals surface area contributed by atoms with Gasteiger partial charge in [-0.1, -0.05) is 34.2 Å². The fourth-order valence-corrected chi connectivity index (χ4v) is 1.37. The average Bonchev–Trinajstić information content (AvgIpc) is 2.44. The van der Waals surface area contributed by atoms with E-state index in [0.717, 1.165) is 11.8 Å². The summed E-state index contributed by atoms with van der Waals surface area (Å²) in [6, 6.07) is 0. The minimum atomic E-state index is -0.241. The summed E-state index contributed by atoms with van der Waals surface area (Å²) in [6.07, 6.45) is 2.97. The molecule has 0 amide bonds. The molecule has 0 unspecified atom stereocenters. The highest BCUT2D eigenvalue weighted by Crippen LogP contribution is 2.23. The number of hydrogen-bond donors (Lipinski definition) is 0. The summed E-state index contributed by atoms with van der Waals surface area (Å²) in [5.41, 5.74) is 1.88. The van der Waals surface area contributed by atoms with Gasteiger partial charge in [-0.05, 0) is 13.3 Å². The molecule has 2 nitrogen and oxygen atoms in total. The molecule has 1 aliphatic rings. The number of allylic oxidation sites excluding steroid dienone is 2. The van der Waals surface area contributed by atoms with E-state index >= 15 is 0 Å². The van der Waals surface area contributed by atoms with Crippen molar-refractivity contribution in [3.8, 4) is 0 Å². The lowest BCUT2D eigenvalue weighted by Gasteiger charge is -2.03. The SMILES string of the molecule is C=C1C(=O)OC[C@@H]1C/C=C(\C)CBr. The number of halogens is 1. The van der Waals surface area contributed by atoms with Crippen LogP contribution in [0.5, 0.6) is 0 Å². The van der Waals surface area contributed by atoms with Crippen molar-refractivity contribution in [3.63, 3.8) is 0 Å². The van der Waals surface area contributed by atoms with Crippen LogP contribution in [-0.2, 0) is 9.53 Å². The van der Waals surface area contributed by atoms with Crippen LogP contribution in [0, 0.1) is 5.92 Å². The molecule has 0 aromatic heterocycles. The monoisotopic (exact) mass is 244 g/mol. The van der Waals surface area contributed by atoms with Crippen molar-refractivity contribution >= 4 is 21.9 Å². The molecule has 0 aliphatic carbocycles. The standard InChI is InChI=1S/C10H13BrO2/c1-7(5-11)3-4-9-6-13-10(12)8(9)2/h3,9H,2,4-6H2,1H3/b7-3+/t9-/m0/s1. The Hall–Kier alpha value is -0.570. The van der Waals surface area contributed by atoms with Crippen molar-refractivity contribution in [1.29, 1.82) is 0 Å². The lowest BCUT2D eigenvalue weighted by molar-refractivity contribution is -0.135. The van der Waals surface area contributed by atoms with E-state index in [2.05, 4.69) is 35.5 Å². The van der Waals surface area contributed by atoms with Crippen LogP contribution >= 0.6 is 15.9 Å². The fourth-order valence-electron chi connectivity index (χ4n) is 1.14. The highest BCUT2D eigenvalue weighted by Gasteiger charge is 2.27. The van der Waals surface area contributed by atoms with Crippen molar-refractivity contribution in [3.05, 3.63) is 23.8 Å². The van der Waals surface area contributed by atoms with Gasteiger partial charge in [0.2, 0.25) is 0 Å². The Bertz CT molecular complexity index is 256. The molecule has 3 heteroatoms. The quantitative estimate of drug-likeness (QED) is 0.330. The van der Waals surface area contributed by atoms with Crippen molar-refractivity contribution in [2.24, 2.45) is 5.92 Å². The first-order chi connectivity index (χ1) is 6.15. The van der Waals surface area contributed by atoms with E-state index < -0.39 is 0 Å². The zero-order chi connectivity index (χ0) is 9.84. The predicted octanol–water partition coefficient (Wildman–Crippen LogP) is 2.45. The maximum atomic E-state index is 10.9. The molecular formula is C10H13BrO2. The second kappa shape index (κ2) is 4.61. The summed E-state index contributed by atoms with van der Waals surface area (Å²) in [7, 11) is 0. The number of carbonyl (C=O) groups excluding carboxylic acids is 1. The minimum absolute atomic E-state index is 0.182. The molecular weight excluding hydrogens is 232 g/mol. The van der Waals surface area contributed by atoms with Gasteiger partial charge >= 0.3 is 5.97 Å². The van der Waals surface area contributed by atoms with Crippen LogP contribution in [0.3, 0.4) is 0 Å². The lowest BCUT2D eigenvalue weighted by Crippen LogP contribution is -2.00. The number of alkyl halides is 1. The minimum Gasteiger partial charge on any atom is -0.462 e. The molecule has 1 aliphatic heterocycles. The van der Waals surface area contributed by atoms with Crippen LogP contribution < -0.4 is 0 Å². The lowest BCUT2D eigenvalue weighted by atomic mass is 9.99. The number of esters is 1. The predicted molar refractivity (Wildman–Crippen MR) is 55.8 cm³/mol. The third kappa shape index (κ3) is 2.69. The molecule has 0 radical (unpaired) electrons. The van der Waals surface area contributed by atoms with Crippen LogP contribution in [0.1, 0.15) is 13.3 Å². The molecule has 72 valence electrons.